The summed E-state index contributed by atoms with van der Waals surface area (Å²) in [7, 11) is 0. The third-order valence-corrected chi connectivity index (χ3v) is 8.02. The highest BCUT2D eigenvalue weighted by molar-refractivity contribution is 6.42. The van der Waals surface area contributed by atoms with E-state index < -0.39 is 5.60 Å². The largest absolute Gasteiger partial charge is 0.390 e. The van der Waals surface area contributed by atoms with Gasteiger partial charge in [0.15, 0.2) is 0 Å². The van der Waals surface area contributed by atoms with E-state index in [4.69, 9.17) is 23.2 Å². The molecule has 5 nitrogen and oxygen atoms in total. The predicted molar refractivity (Wildman–Crippen MR) is 117 cm³/mol. The normalized spacial score (nSPS) is 32.1. The minimum absolute atomic E-state index is 0.0746. The molecular weight excluding hydrogens is 421 g/mol. The van der Waals surface area contributed by atoms with Crippen LogP contribution in [0.4, 0.5) is 0 Å². The summed E-state index contributed by atoms with van der Waals surface area (Å²) in [6.07, 6.45) is 6.44. The van der Waals surface area contributed by atoms with Crippen LogP contribution in [0, 0.1) is 17.8 Å². The second kappa shape index (κ2) is 7.25. The third-order valence-electron chi connectivity index (χ3n) is 7.28. The fraction of sp³-hybridized carbons (Fsp3) is 0.565. The maximum Gasteiger partial charge on any atom is 0.255 e. The van der Waals surface area contributed by atoms with Gasteiger partial charge >= 0.3 is 0 Å². The van der Waals surface area contributed by atoms with Gasteiger partial charge in [0.05, 0.1) is 38.8 Å². The van der Waals surface area contributed by atoms with Crippen molar-refractivity contribution in [2.24, 2.45) is 17.8 Å². The molecule has 1 amide bonds. The molecule has 4 fully saturated rings. The summed E-state index contributed by atoms with van der Waals surface area (Å²) in [5.74, 6) is 1.39. The number of hydrogen-bond donors (Lipinski definition) is 2. The van der Waals surface area contributed by atoms with E-state index in [0.717, 1.165) is 43.5 Å². The van der Waals surface area contributed by atoms with Gasteiger partial charge in [-0.2, -0.15) is 5.10 Å². The Morgan fingerprint density at radius 1 is 1.20 bits per heavy atom. The first kappa shape index (κ1) is 20.3. The maximum atomic E-state index is 13.3. The quantitative estimate of drug-likeness (QED) is 0.694. The molecule has 0 saturated heterocycles. The standard InChI is InChI=1S/C23H27Cl2N3O2/c1-12(2)21-17(11-26-28(21)16-3-4-18(24)19(25)7-16)22(29)27-20-14-5-13-6-15(20)10-23(30,8-13)9-14/h3-4,7,11-15,20,30H,5-6,8-10H2,1-2H3,(H,27,29). The van der Waals surface area contributed by atoms with Gasteiger partial charge in [0.2, 0.25) is 0 Å². The van der Waals surface area contributed by atoms with E-state index in [9.17, 15) is 9.90 Å². The van der Waals surface area contributed by atoms with E-state index in [-0.39, 0.29) is 17.9 Å². The number of carbonyl (C=O) groups is 1. The average molecular weight is 448 g/mol. The number of halogens is 2. The Morgan fingerprint density at radius 3 is 2.50 bits per heavy atom. The first-order chi connectivity index (χ1) is 14.2. The minimum Gasteiger partial charge on any atom is -0.390 e. The van der Waals surface area contributed by atoms with E-state index in [1.165, 1.54) is 0 Å². The van der Waals surface area contributed by atoms with Crippen molar-refractivity contribution in [1.82, 2.24) is 15.1 Å². The molecule has 0 spiro atoms. The lowest BCUT2D eigenvalue weighted by Gasteiger charge is -2.58. The number of nitrogens with one attached hydrogen (secondary N) is 1. The van der Waals surface area contributed by atoms with Crippen LogP contribution in [0.15, 0.2) is 24.4 Å². The number of rotatable bonds is 4. The number of carbonyl (C=O) groups excluding carboxylic acids is 1. The van der Waals surface area contributed by atoms with E-state index in [0.29, 0.717) is 33.4 Å². The lowest BCUT2D eigenvalue weighted by Crippen LogP contribution is -2.61. The second-order valence-corrected chi connectivity index (χ2v) is 10.6. The van der Waals surface area contributed by atoms with Gasteiger partial charge < -0.3 is 10.4 Å². The lowest BCUT2D eigenvalue weighted by atomic mass is 9.52. The molecule has 4 aliphatic rings. The molecule has 2 N–H and O–H groups in total. The molecule has 1 aromatic heterocycles. The molecule has 2 unspecified atom stereocenters. The minimum atomic E-state index is -0.500. The Labute approximate surface area is 186 Å². The second-order valence-electron chi connectivity index (χ2n) is 9.80. The van der Waals surface area contributed by atoms with Crippen LogP contribution in [0.1, 0.15) is 67.9 Å². The summed E-state index contributed by atoms with van der Waals surface area (Å²) >= 11 is 12.3. The van der Waals surface area contributed by atoms with Crippen LogP contribution in [0.2, 0.25) is 10.0 Å². The third kappa shape index (κ3) is 3.35. The molecule has 7 heteroatoms. The van der Waals surface area contributed by atoms with Gasteiger partial charge in [-0.3, -0.25) is 4.79 Å². The zero-order valence-electron chi connectivity index (χ0n) is 17.2. The summed E-state index contributed by atoms with van der Waals surface area (Å²) < 4.78 is 1.78. The van der Waals surface area contributed by atoms with Crippen LogP contribution in [-0.2, 0) is 0 Å². The number of hydrogen-bond acceptors (Lipinski definition) is 3. The Balaban J connectivity index is 1.42. The molecule has 2 aromatic rings. The number of benzene rings is 1. The molecule has 1 aromatic carbocycles. The SMILES string of the molecule is CC(C)c1c(C(=O)NC2C3CC4CC2CC(O)(C4)C3)cnn1-c1ccc(Cl)c(Cl)c1. The monoisotopic (exact) mass is 447 g/mol. The highest BCUT2D eigenvalue weighted by atomic mass is 35.5. The van der Waals surface area contributed by atoms with E-state index in [1.807, 2.05) is 6.07 Å². The Kier molecular flexibility index (Phi) is 4.92. The number of nitrogens with zero attached hydrogens (tertiary/aromatic N) is 2. The molecule has 160 valence electrons. The van der Waals surface area contributed by atoms with Crippen LogP contribution in [0.25, 0.3) is 5.69 Å². The van der Waals surface area contributed by atoms with E-state index in [2.05, 4.69) is 24.3 Å². The Bertz CT molecular complexity index is 986. The molecule has 30 heavy (non-hydrogen) atoms. The summed E-state index contributed by atoms with van der Waals surface area (Å²) in [6, 6.07) is 5.50. The van der Waals surface area contributed by atoms with Crippen LogP contribution in [0.3, 0.4) is 0 Å². The Hall–Kier alpha value is -1.56. The first-order valence-corrected chi connectivity index (χ1v) is 11.6. The number of aromatic nitrogens is 2. The lowest BCUT2D eigenvalue weighted by molar-refractivity contribution is -0.136. The molecule has 6 rings (SSSR count). The van der Waals surface area contributed by atoms with Crippen LogP contribution in [0.5, 0.6) is 0 Å². The summed E-state index contributed by atoms with van der Waals surface area (Å²) in [5, 5.41) is 19.6. The van der Waals surface area contributed by atoms with Crippen molar-refractivity contribution in [3.8, 4) is 5.69 Å². The highest BCUT2D eigenvalue weighted by Crippen LogP contribution is 2.55. The summed E-state index contributed by atoms with van der Waals surface area (Å²) in [5.41, 5.74) is 1.74. The van der Waals surface area contributed by atoms with Crippen LogP contribution >= 0.6 is 23.2 Å². The van der Waals surface area contributed by atoms with Gasteiger partial charge in [0.25, 0.3) is 5.91 Å². The van der Waals surface area contributed by atoms with Crippen molar-refractivity contribution in [1.29, 1.82) is 0 Å². The van der Waals surface area contributed by atoms with Crippen molar-refractivity contribution in [2.75, 3.05) is 0 Å². The zero-order valence-corrected chi connectivity index (χ0v) is 18.7. The predicted octanol–water partition coefficient (Wildman–Crippen LogP) is 4.97. The van der Waals surface area contributed by atoms with Gasteiger partial charge in [-0.25, -0.2) is 4.68 Å². The maximum absolute atomic E-state index is 13.3. The van der Waals surface area contributed by atoms with E-state index in [1.54, 1.807) is 23.0 Å². The van der Waals surface area contributed by atoms with Crippen molar-refractivity contribution in [3.63, 3.8) is 0 Å². The Morgan fingerprint density at radius 2 is 1.90 bits per heavy atom. The fourth-order valence-electron chi connectivity index (χ4n) is 6.36. The van der Waals surface area contributed by atoms with Crippen molar-refractivity contribution in [2.45, 2.75) is 63.5 Å². The summed E-state index contributed by atoms with van der Waals surface area (Å²) in [4.78, 5) is 13.3. The van der Waals surface area contributed by atoms with Crippen molar-refractivity contribution >= 4 is 29.1 Å². The smallest absolute Gasteiger partial charge is 0.255 e. The number of amides is 1. The van der Waals surface area contributed by atoms with Crippen LogP contribution < -0.4 is 5.32 Å². The highest BCUT2D eigenvalue weighted by Gasteiger charge is 2.55. The average Bonchev–Trinajstić information content (AvgIpc) is 3.11. The molecule has 1 heterocycles. The van der Waals surface area contributed by atoms with E-state index >= 15 is 0 Å². The van der Waals surface area contributed by atoms with Crippen LogP contribution in [-0.4, -0.2) is 32.4 Å². The molecule has 4 aliphatic carbocycles. The molecule has 2 atom stereocenters. The number of aliphatic hydroxyl groups is 1. The molecule has 4 saturated carbocycles. The zero-order chi connectivity index (χ0) is 21.2. The van der Waals surface area contributed by atoms with Gasteiger partial charge in [-0.1, -0.05) is 37.0 Å². The molecule has 4 bridgehead atoms. The van der Waals surface area contributed by atoms with Crippen molar-refractivity contribution < 1.29 is 9.90 Å². The molecule has 0 aliphatic heterocycles. The topological polar surface area (TPSA) is 67.2 Å². The molecule has 0 radical (unpaired) electrons. The fourth-order valence-corrected chi connectivity index (χ4v) is 6.65. The van der Waals surface area contributed by atoms with Gasteiger partial charge in [-0.15, -0.1) is 0 Å². The van der Waals surface area contributed by atoms with Gasteiger partial charge in [-0.05, 0) is 74.0 Å². The van der Waals surface area contributed by atoms with Crippen molar-refractivity contribution in [3.05, 3.63) is 45.7 Å². The molecular formula is C23H27Cl2N3O2. The summed E-state index contributed by atoms with van der Waals surface area (Å²) in [6.45, 7) is 4.11. The first-order valence-electron chi connectivity index (χ1n) is 10.8. The van der Waals surface area contributed by atoms with Gasteiger partial charge in [0, 0.05) is 6.04 Å². The van der Waals surface area contributed by atoms with Gasteiger partial charge in [0.1, 0.15) is 0 Å².